The summed E-state index contributed by atoms with van der Waals surface area (Å²) in [5, 5.41) is 3.54. The van der Waals surface area contributed by atoms with Gasteiger partial charge in [0.2, 0.25) is 10.0 Å². The number of morpholine rings is 1. The molecule has 2 saturated heterocycles. The lowest BCUT2D eigenvalue weighted by atomic mass is 10.0. The monoisotopic (exact) mass is 523 g/mol. The molecule has 2 aliphatic rings. The molecule has 2 fully saturated rings. The van der Waals surface area contributed by atoms with Crippen LogP contribution in [0.4, 0.5) is 0 Å². The summed E-state index contributed by atoms with van der Waals surface area (Å²) in [6, 6.07) is 10.3. The second-order valence-corrected chi connectivity index (χ2v) is 11.7. The molecule has 0 spiro atoms. The normalized spacial score (nSPS) is 18.2. The molecular formula is C27H33N5O4S. The van der Waals surface area contributed by atoms with Gasteiger partial charge in [0.05, 0.1) is 34.9 Å². The van der Waals surface area contributed by atoms with Gasteiger partial charge in [-0.15, -0.1) is 0 Å². The number of hydrogen-bond acceptors (Lipinski definition) is 7. The number of ether oxygens (including phenoxy) is 1. The minimum absolute atomic E-state index is 0.188. The van der Waals surface area contributed by atoms with Crippen LogP contribution in [-0.2, 0) is 14.8 Å². The van der Waals surface area contributed by atoms with Crippen LogP contribution in [-0.4, -0.2) is 86.0 Å². The van der Waals surface area contributed by atoms with Crippen LogP contribution in [0.3, 0.4) is 0 Å². The highest BCUT2D eigenvalue weighted by Gasteiger charge is 2.29. The van der Waals surface area contributed by atoms with E-state index in [-0.39, 0.29) is 10.8 Å². The third-order valence-corrected chi connectivity index (χ3v) is 9.07. The zero-order valence-electron chi connectivity index (χ0n) is 21.1. The standard InChI is InChI=1S/C27H33N5O4S/c1-20-6-10-32(11-7-20)37(34,35)22-4-5-25-23(17-22)24(18-26(30-25)21-3-2-8-28-19-21)27(33)29-9-12-31-13-15-36-16-14-31/h2-5,8,17-20H,6-7,9-16H2,1H3,(H,29,33). The molecule has 4 heterocycles. The highest BCUT2D eigenvalue weighted by atomic mass is 32.2. The van der Waals surface area contributed by atoms with Crippen molar-refractivity contribution >= 4 is 26.8 Å². The average molecular weight is 524 g/mol. The van der Waals surface area contributed by atoms with Gasteiger partial charge in [-0.3, -0.25) is 14.7 Å². The first-order valence-corrected chi connectivity index (χ1v) is 14.3. The number of rotatable bonds is 7. The molecule has 1 amide bonds. The lowest BCUT2D eigenvalue weighted by Crippen LogP contribution is -2.41. The Labute approximate surface area is 217 Å². The number of carbonyl (C=O) groups excluding carboxylic acids is 1. The highest BCUT2D eigenvalue weighted by Crippen LogP contribution is 2.29. The van der Waals surface area contributed by atoms with Gasteiger partial charge in [0.1, 0.15) is 0 Å². The van der Waals surface area contributed by atoms with E-state index in [0.717, 1.165) is 38.0 Å². The number of sulfonamides is 1. The van der Waals surface area contributed by atoms with Crippen molar-refractivity contribution in [3.05, 3.63) is 54.4 Å². The fourth-order valence-electron chi connectivity index (χ4n) is 4.84. The molecule has 0 bridgehead atoms. The summed E-state index contributed by atoms with van der Waals surface area (Å²) in [4.78, 5) is 24.8. The van der Waals surface area contributed by atoms with Gasteiger partial charge >= 0.3 is 0 Å². The van der Waals surface area contributed by atoms with Crippen molar-refractivity contribution in [3.63, 3.8) is 0 Å². The topological polar surface area (TPSA) is 105 Å². The minimum Gasteiger partial charge on any atom is -0.379 e. The third kappa shape index (κ3) is 5.82. The summed E-state index contributed by atoms with van der Waals surface area (Å²) >= 11 is 0. The predicted molar refractivity (Wildman–Crippen MR) is 142 cm³/mol. The molecular weight excluding hydrogens is 490 g/mol. The molecule has 5 rings (SSSR count). The number of nitrogens with zero attached hydrogens (tertiary/aromatic N) is 4. The molecule has 10 heteroatoms. The van der Waals surface area contributed by atoms with E-state index in [1.165, 1.54) is 0 Å². The third-order valence-electron chi connectivity index (χ3n) is 7.18. The van der Waals surface area contributed by atoms with Crippen LogP contribution in [0.25, 0.3) is 22.2 Å². The first kappa shape index (κ1) is 25.7. The van der Waals surface area contributed by atoms with Crippen LogP contribution in [0.5, 0.6) is 0 Å². The quantitative estimate of drug-likeness (QED) is 0.508. The minimum atomic E-state index is -3.67. The largest absolute Gasteiger partial charge is 0.379 e. The van der Waals surface area contributed by atoms with Crippen molar-refractivity contribution in [2.75, 3.05) is 52.5 Å². The lowest BCUT2D eigenvalue weighted by Gasteiger charge is -2.29. The summed E-state index contributed by atoms with van der Waals surface area (Å²) in [7, 11) is -3.67. The molecule has 0 unspecified atom stereocenters. The van der Waals surface area contributed by atoms with E-state index in [0.29, 0.717) is 60.9 Å². The SMILES string of the molecule is CC1CCN(S(=O)(=O)c2ccc3nc(-c4cccnc4)cc(C(=O)NCCN4CCOCC4)c3c2)CC1. The Hall–Kier alpha value is -2.92. The first-order valence-electron chi connectivity index (χ1n) is 12.9. The smallest absolute Gasteiger partial charge is 0.252 e. The van der Waals surface area contributed by atoms with E-state index in [4.69, 9.17) is 9.72 Å². The van der Waals surface area contributed by atoms with E-state index < -0.39 is 10.0 Å². The number of amides is 1. The van der Waals surface area contributed by atoms with Gasteiger partial charge in [0.25, 0.3) is 5.91 Å². The number of hydrogen-bond donors (Lipinski definition) is 1. The molecule has 0 aliphatic carbocycles. The summed E-state index contributed by atoms with van der Waals surface area (Å²) in [5.74, 6) is 0.262. The van der Waals surface area contributed by atoms with E-state index in [1.54, 1.807) is 41.0 Å². The van der Waals surface area contributed by atoms with Crippen LogP contribution >= 0.6 is 0 Å². The van der Waals surface area contributed by atoms with Crippen molar-refractivity contribution < 1.29 is 17.9 Å². The Kier molecular flexibility index (Phi) is 7.80. The average Bonchev–Trinajstić information content (AvgIpc) is 2.93. The lowest BCUT2D eigenvalue weighted by molar-refractivity contribution is 0.0383. The molecule has 9 nitrogen and oxygen atoms in total. The summed E-state index contributed by atoms with van der Waals surface area (Å²) in [6.45, 7) is 7.45. The molecule has 0 saturated carbocycles. The molecule has 3 aromatic rings. The number of fused-ring (bicyclic) bond motifs is 1. The van der Waals surface area contributed by atoms with Gasteiger partial charge in [-0.25, -0.2) is 13.4 Å². The van der Waals surface area contributed by atoms with Crippen LogP contribution < -0.4 is 5.32 Å². The zero-order chi connectivity index (χ0) is 25.8. The molecule has 1 aromatic carbocycles. The number of benzene rings is 1. The van der Waals surface area contributed by atoms with Gasteiger partial charge in [-0.05, 0) is 55.2 Å². The van der Waals surface area contributed by atoms with Gasteiger partial charge in [0.15, 0.2) is 0 Å². The van der Waals surface area contributed by atoms with E-state index in [1.807, 2.05) is 12.1 Å². The number of aromatic nitrogens is 2. The van der Waals surface area contributed by atoms with Crippen molar-refractivity contribution in [2.24, 2.45) is 5.92 Å². The van der Waals surface area contributed by atoms with Crippen LogP contribution in [0.1, 0.15) is 30.1 Å². The van der Waals surface area contributed by atoms with Gasteiger partial charge in [-0.2, -0.15) is 4.31 Å². The van der Waals surface area contributed by atoms with Crippen molar-refractivity contribution in [1.82, 2.24) is 24.5 Å². The van der Waals surface area contributed by atoms with Gasteiger partial charge < -0.3 is 10.1 Å². The first-order chi connectivity index (χ1) is 17.9. The Morgan fingerprint density at radius 1 is 1.11 bits per heavy atom. The Morgan fingerprint density at radius 2 is 1.89 bits per heavy atom. The van der Waals surface area contributed by atoms with Crippen molar-refractivity contribution in [3.8, 4) is 11.3 Å². The zero-order valence-corrected chi connectivity index (χ0v) is 21.9. The predicted octanol–water partition coefficient (Wildman–Crippen LogP) is 2.78. The van der Waals surface area contributed by atoms with E-state index >= 15 is 0 Å². The second-order valence-electron chi connectivity index (χ2n) is 9.77. The number of piperidine rings is 1. The summed E-state index contributed by atoms with van der Waals surface area (Å²) in [6.07, 6.45) is 5.08. The van der Waals surface area contributed by atoms with Gasteiger partial charge in [0, 0.05) is 62.6 Å². The highest BCUT2D eigenvalue weighted by molar-refractivity contribution is 7.89. The Balaban J connectivity index is 1.48. The van der Waals surface area contributed by atoms with Crippen LogP contribution in [0.2, 0.25) is 0 Å². The number of pyridine rings is 2. The fraction of sp³-hybridized carbons (Fsp3) is 0.444. The second kappa shape index (κ2) is 11.2. The van der Waals surface area contributed by atoms with E-state index in [2.05, 4.69) is 22.1 Å². The summed E-state index contributed by atoms with van der Waals surface area (Å²) in [5.41, 5.74) is 2.35. The fourth-order valence-corrected chi connectivity index (χ4v) is 6.33. The van der Waals surface area contributed by atoms with Crippen LogP contribution in [0, 0.1) is 5.92 Å². The maximum absolute atomic E-state index is 13.4. The van der Waals surface area contributed by atoms with Gasteiger partial charge in [-0.1, -0.05) is 6.92 Å². The molecule has 2 aliphatic heterocycles. The molecule has 37 heavy (non-hydrogen) atoms. The maximum atomic E-state index is 13.4. The van der Waals surface area contributed by atoms with Crippen molar-refractivity contribution in [1.29, 1.82) is 0 Å². The van der Waals surface area contributed by atoms with Crippen molar-refractivity contribution in [2.45, 2.75) is 24.7 Å². The molecule has 0 radical (unpaired) electrons. The van der Waals surface area contributed by atoms with Crippen LogP contribution in [0.15, 0.2) is 53.7 Å². The maximum Gasteiger partial charge on any atom is 0.252 e. The molecule has 1 N–H and O–H groups in total. The van der Waals surface area contributed by atoms with E-state index in [9.17, 15) is 13.2 Å². The molecule has 0 atom stereocenters. The number of carbonyl (C=O) groups is 1. The molecule has 196 valence electrons. The number of nitrogens with one attached hydrogen (secondary N) is 1. The Bertz CT molecular complexity index is 1350. The summed E-state index contributed by atoms with van der Waals surface area (Å²) < 4.78 is 33.8. The Morgan fingerprint density at radius 3 is 2.62 bits per heavy atom. The molecule has 2 aromatic heterocycles.